The number of aliphatic hydroxyl groups excluding tert-OH is 1. The van der Waals surface area contributed by atoms with Gasteiger partial charge in [0.15, 0.2) is 5.60 Å². The van der Waals surface area contributed by atoms with E-state index in [0.717, 1.165) is 0 Å². The average Bonchev–Trinajstić information content (AvgIpc) is 1.21. The fourth-order valence-corrected chi connectivity index (χ4v) is 13.7. The molecule has 81 heavy (non-hydrogen) atoms. The number of hydrogen-bond donors (Lipinski definition) is 6. The molecule has 3 aromatic carbocycles. The number of esters is 3. The minimum absolute atomic E-state index is 0.0349. The van der Waals surface area contributed by atoms with Crippen LogP contribution in [0.25, 0.3) is 0 Å². The molecule has 0 aromatic heterocycles. The van der Waals surface area contributed by atoms with Crippen molar-refractivity contribution in [3.05, 3.63) is 131 Å². The first-order valence-electron chi connectivity index (χ1n) is 27.4. The zero-order valence-electron chi connectivity index (χ0n) is 46.5. The standard InChI is InChI=1S/C60H73N2O18P/c1-35-42(33-60(71)50(79-52(67)40-24-15-10-16-25-40)48-58(7,49(65)36(2)45(35)56(60,4)5)43(64)32-44-59(48,34-75-44)80-37(3)63)77-53(68)47(46(38-20-11-8-12-21-38)62-51(66)39-22-13-9-14-23-39)78-55(70)76-41-26-17-18-28-57(6,29-27-41)54(69)61-30-19-31-81(72,73)74/h8-17,20-26,36,41-44,46-48,50,64,71H,18-19,27-34H2,1-7H3,(H,61,69)(H,62,66)(H2,72,73,74)/b26-17+/t36-,41+,42+,43+,44-,46+,47-,48+,50+,57-,58-,59?,60-/m1/s1. The molecule has 0 spiro atoms. The van der Waals surface area contributed by atoms with Gasteiger partial charge in [0.05, 0.1) is 35.8 Å². The van der Waals surface area contributed by atoms with Crippen molar-refractivity contribution in [3.8, 4) is 0 Å². The number of nitrogens with one attached hydrogen (secondary N) is 2. The van der Waals surface area contributed by atoms with E-state index in [2.05, 4.69) is 10.6 Å². The summed E-state index contributed by atoms with van der Waals surface area (Å²) in [6.45, 7) is 10.8. The molecule has 8 rings (SSSR count). The summed E-state index contributed by atoms with van der Waals surface area (Å²) in [7, 11) is -4.27. The summed E-state index contributed by atoms with van der Waals surface area (Å²) < 4.78 is 48.5. The van der Waals surface area contributed by atoms with E-state index in [1.54, 1.807) is 126 Å². The molecule has 3 fully saturated rings. The van der Waals surface area contributed by atoms with Crippen LogP contribution >= 0.6 is 7.60 Å². The van der Waals surface area contributed by atoms with Crippen LogP contribution in [0.15, 0.2) is 114 Å². The van der Waals surface area contributed by atoms with Crippen LogP contribution in [0.1, 0.15) is 126 Å². The number of ether oxygens (including phenoxy) is 6. The smallest absolute Gasteiger partial charge is 0.455 e. The highest BCUT2D eigenvalue weighted by Gasteiger charge is 2.77. The Morgan fingerprint density at radius 1 is 0.864 bits per heavy atom. The van der Waals surface area contributed by atoms with Crippen molar-refractivity contribution < 1.29 is 86.5 Å². The van der Waals surface area contributed by atoms with Crippen molar-refractivity contribution >= 4 is 49.3 Å². The summed E-state index contributed by atoms with van der Waals surface area (Å²) in [6.07, 6.45) is -6.62. The zero-order valence-corrected chi connectivity index (χ0v) is 47.4. The van der Waals surface area contributed by atoms with E-state index in [1.165, 1.54) is 26.0 Å². The number of carbonyl (C=O) groups is 7. The number of fused-ring (bicyclic) bond motifs is 5. The maximum Gasteiger partial charge on any atom is 0.509 e. The second-order valence-corrected chi connectivity index (χ2v) is 24.9. The Labute approximate surface area is 470 Å². The minimum Gasteiger partial charge on any atom is -0.455 e. The molecule has 21 heteroatoms. The molecule has 5 aliphatic rings. The lowest BCUT2D eigenvalue weighted by atomic mass is 9.43. The van der Waals surface area contributed by atoms with Gasteiger partial charge >= 0.3 is 31.7 Å². The monoisotopic (exact) mass is 1140 g/mol. The van der Waals surface area contributed by atoms with Gasteiger partial charge in [0.25, 0.3) is 5.91 Å². The molecule has 4 aliphatic carbocycles. The van der Waals surface area contributed by atoms with Crippen LogP contribution in [0.2, 0.25) is 0 Å². The van der Waals surface area contributed by atoms with Crippen LogP contribution < -0.4 is 10.6 Å². The summed E-state index contributed by atoms with van der Waals surface area (Å²) in [4.78, 5) is 119. The van der Waals surface area contributed by atoms with Gasteiger partial charge in [-0.3, -0.25) is 23.7 Å². The lowest BCUT2D eigenvalue weighted by Crippen LogP contribution is -2.81. The van der Waals surface area contributed by atoms with Gasteiger partial charge in [0.1, 0.15) is 41.8 Å². The number of Topliss-reactive ketones (excluding diaryl/α,β-unsaturated/α-hetero) is 1. The third-order valence-electron chi connectivity index (χ3n) is 17.6. The molecule has 1 unspecified atom stereocenters. The predicted octanol–water partition coefficient (Wildman–Crippen LogP) is 6.79. The Bertz CT molecular complexity index is 2980. The van der Waals surface area contributed by atoms with E-state index in [9.17, 15) is 48.5 Å². The van der Waals surface area contributed by atoms with Gasteiger partial charge in [-0.05, 0) is 93.0 Å². The van der Waals surface area contributed by atoms with Gasteiger partial charge in [0.2, 0.25) is 12.0 Å². The fraction of sp³-hybridized carbons (Fsp3) is 0.517. The van der Waals surface area contributed by atoms with E-state index in [-0.39, 0.29) is 55.9 Å². The Hall–Kier alpha value is -6.54. The number of amides is 2. The van der Waals surface area contributed by atoms with Crippen molar-refractivity contribution in [2.45, 2.75) is 147 Å². The lowest BCUT2D eigenvalue weighted by Gasteiger charge is -2.67. The first kappa shape index (κ1) is 60.6. The predicted molar refractivity (Wildman–Crippen MR) is 291 cm³/mol. The largest absolute Gasteiger partial charge is 0.509 e. The van der Waals surface area contributed by atoms with Gasteiger partial charge in [-0.1, -0.05) is 101 Å². The summed E-state index contributed by atoms with van der Waals surface area (Å²) in [5, 5.41) is 31.8. The zero-order chi connectivity index (χ0) is 58.9. The lowest BCUT2D eigenvalue weighted by molar-refractivity contribution is -0.345. The number of ketones is 1. The van der Waals surface area contributed by atoms with Crippen LogP contribution in [-0.2, 0) is 52.2 Å². The van der Waals surface area contributed by atoms with Gasteiger partial charge in [0, 0.05) is 48.6 Å². The number of hydrogen-bond acceptors (Lipinski definition) is 16. The third kappa shape index (κ3) is 12.0. The molecule has 436 valence electrons. The highest BCUT2D eigenvalue weighted by Crippen LogP contribution is 2.65. The highest BCUT2D eigenvalue weighted by atomic mass is 31.2. The SMILES string of the molecule is CC(=O)OC12CO[C@@H]1C[C@H](O)[C@@]1(C)C(=O)[C@H](C)C3=C(C)[C@@H](OC(=O)[C@H](OC(=O)O[C@H]4/C=C/CC[C@@](C)(C(=O)NCCCP(=O)(O)O)CC4)[C@@H](NC(=O)c4ccccc4)c4ccccc4)C[C@@](O)([C@@H](OC(=O)c4ccccc4)[C@H]21)C3(C)C. The molecule has 2 amide bonds. The van der Waals surface area contributed by atoms with Crippen LogP contribution in [0.3, 0.4) is 0 Å². The van der Waals surface area contributed by atoms with Gasteiger partial charge < -0.3 is 59.1 Å². The molecule has 3 aromatic rings. The topological polar surface area (TPSA) is 297 Å². The second-order valence-electron chi connectivity index (χ2n) is 23.2. The van der Waals surface area contributed by atoms with Gasteiger partial charge in [-0.15, -0.1) is 0 Å². The number of carbonyl (C=O) groups excluding carboxylic acids is 7. The van der Waals surface area contributed by atoms with Gasteiger partial charge in [-0.25, -0.2) is 14.4 Å². The third-order valence-corrected chi connectivity index (χ3v) is 18.5. The molecular formula is C60H73N2O18P. The van der Waals surface area contributed by atoms with E-state index in [0.29, 0.717) is 29.6 Å². The van der Waals surface area contributed by atoms with E-state index < -0.39 is 138 Å². The molecule has 0 radical (unpaired) electrons. The maximum absolute atomic E-state index is 15.6. The maximum atomic E-state index is 15.6. The molecule has 1 saturated heterocycles. The minimum atomic E-state index is -4.27. The number of allylic oxidation sites excluding steroid dienone is 1. The molecule has 2 saturated carbocycles. The second kappa shape index (κ2) is 23.7. The van der Waals surface area contributed by atoms with Crippen LogP contribution in [0.4, 0.5) is 4.79 Å². The number of benzene rings is 3. The number of aliphatic hydroxyl groups is 2. The van der Waals surface area contributed by atoms with E-state index >= 15 is 9.59 Å². The summed E-state index contributed by atoms with van der Waals surface area (Å²) >= 11 is 0. The summed E-state index contributed by atoms with van der Waals surface area (Å²) in [5.74, 6) is -7.04. The van der Waals surface area contributed by atoms with E-state index in [4.69, 9.17) is 28.4 Å². The Balaban J connectivity index is 1.18. The van der Waals surface area contributed by atoms with Crippen molar-refractivity contribution in [2.24, 2.45) is 28.1 Å². The summed E-state index contributed by atoms with van der Waals surface area (Å²) in [6, 6.07) is 22.7. The first-order valence-corrected chi connectivity index (χ1v) is 29.2. The Morgan fingerprint density at radius 2 is 1.49 bits per heavy atom. The molecule has 6 N–H and O–H groups in total. The highest BCUT2D eigenvalue weighted by molar-refractivity contribution is 7.51. The van der Waals surface area contributed by atoms with Crippen molar-refractivity contribution in [1.82, 2.24) is 10.6 Å². The van der Waals surface area contributed by atoms with E-state index in [1.807, 2.05) is 0 Å². The van der Waals surface area contributed by atoms with Crippen molar-refractivity contribution in [1.29, 1.82) is 0 Å². The molecule has 13 atom stereocenters. The number of rotatable bonds is 16. The summed E-state index contributed by atoms with van der Waals surface area (Å²) in [5.41, 5.74) is -7.22. The van der Waals surface area contributed by atoms with Crippen molar-refractivity contribution in [2.75, 3.05) is 19.3 Å². The normalized spacial score (nSPS) is 31.6. The van der Waals surface area contributed by atoms with Crippen molar-refractivity contribution in [3.63, 3.8) is 0 Å². The Morgan fingerprint density at radius 3 is 2.10 bits per heavy atom. The molecule has 2 bridgehead atoms. The van der Waals surface area contributed by atoms with Gasteiger partial charge in [-0.2, -0.15) is 0 Å². The molecular weight excluding hydrogens is 1070 g/mol. The fourth-order valence-electron chi connectivity index (χ4n) is 13.2. The van der Waals surface area contributed by atoms with Crippen LogP contribution in [0.5, 0.6) is 0 Å². The van der Waals surface area contributed by atoms with Crippen LogP contribution in [-0.4, -0.2) is 129 Å². The molecule has 1 aliphatic heterocycles. The van der Waals surface area contributed by atoms with Crippen LogP contribution in [0, 0.1) is 28.1 Å². The molecule has 1 heterocycles. The average molecular weight is 1140 g/mol. The molecule has 20 nitrogen and oxygen atoms in total. The first-order chi connectivity index (χ1) is 38.2. The Kier molecular flexibility index (Phi) is 17.7. The quantitative estimate of drug-likeness (QED) is 0.0283.